The lowest BCUT2D eigenvalue weighted by Crippen LogP contribution is -2.33. The van der Waals surface area contributed by atoms with Gasteiger partial charge >= 0.3 is 0 Å². The Bertz CT molecular complexity index is 656. The van der Waals surface area contributed by atoms with Crippen molar-refractivity contribution < 1.29 is 18.4 Å². The number of nitrogens with two attached hydrogens (primary N) is 1. The molecule has 1 saturated heterocycles. The number of aliphatic hydroxyl groups is 1. The molecular formula is C11H15N3O5S. The summed E-state index contributed by atoms with van der Waals surface area (Å²) >= 11 is 0. The molecule has 1 aromatic rings. The van der Waals surface area contributed by atoms with Crippen molar-refractivity contribution in [2.45, 2.75) is 23.8 Å². The number of benzene rings is 1. The first-order valence-electron chi connectivity index (χ1n) is 5.90. The number of hydrogen-bond acceptors (Lipinski definition) is 6. The largest absolute Gasteiger partial charge is 0.393 e. The minimum atomic E-state index is -3.87. The van der Waals surface area contributed by atoms with Crippen LogP contribution in [0.4, 0.5) is 11.4 Å². The lowest BCUT2D eigenvalue weighted by Gasteiger charge is -2.18. The SMILES string of the molecule is CC1(O)CCN(S(=O)(=O)c2ccc(N)c([N+](=O)[O-])c2)C1. The predicted octanol–water partition coefficient (Wildman–Crippen LogP) is 0.322. The maximum absolute atomic E-state index is 12.4. The summed E-state index contributed by atoms with van der Waals surface area (Å²) in [6.45, 7) is 1.69. The highest BCUT2D eigenvalue weighted by Gasteiger charge is 2.38. The highest BCUT2D eigenvalue weighted by molar-refractivity contribution is 7.89. The number of β-amino-alcohol motifs (C(OH)–C–C–N with tert-alkyl or cyclic N) is 1. The first-order chi connectivity index (χ1) is 9.13. The van der Waals surface area contributed by atoms with Gasteiger partial charge in [0.1, 0.15) is 5.69 Å². The topological polar surface area (TPSA) is 127 Å². The minimum Gasteiger partial charge on any atom is -0.393 e. The Balaban J connectivity index is 2.41. The molecule has 1 fully saturated rings. The monoisotopic (exact) mass is 301 g/mol. The van der Waals surface area contributed by atoms with Crippen LogP contribution < -0.4 is 5.73 Å². The number of rotatable bonds is 3. The zero-order chi connectivity index (χ0) is 15.1. The fraction of sp³-hybridized carbons (Fsp3) is 0.455. The molecule has 0 aliphatic carbocycles. The summed E-state index contributed by atoms with van der Waals surface area (Å²) in [6.07, 6.45) is 0.323. The molecule has 9 heteroatoms. The van der Waals surface area contributed by atoms with Gasteiger partial charge in [0.15, 0.2) is 0 Å². The Morgan fingerprint density at radius 2 is 2.15 bits per heavy atom. The Hall–Kier alpha value is -1.71. The van der Waals surface area contributed by atoms with Gasteiger partial charge in [-0.15, -0.1) is 0 Å². The Labute approximate surface area is 116 Å². The molecule has 0 amide bonds. The zero-order valence-electron chi connectivity index (χ0n) is 10.8. The Kier molecular flexibility index (Phi) is 3.44. The molecule has 8 nitrogen and oxygen atoms in total. The van der Waals surface area contributed by atoms with Gasteiger partial charge in [-0.05, 0) is 25.5 Å². The average molecular weight is 301 g/mol. The number of nitrogen functional groups attached to an aromatic ring is 1. The van der Waals surface area contributed by atoms with Crippen molar-refractivity contribution >= 4 is 21.4 Å². The number of hydrogen-bond donors (Lipinski definition) is 2. The van der Waals surface area contributed by atoms with E-state index >= 15 is 0 Å². The van der Waals surface area contributed by atoms with Crippen molar-refractivity contribution in [3.63, 3.8) is 0 Å². The zero-order valence-corrected chi connectivity index (χ0v) is 11.6. The van der Waals surface area contributed by atoms with Crippen molar-refractivity contribution in [3.05, 3.63) is 28.3 Å². The molecular weight excluding hydrogens is 286 g/mol. The van der Waals surface area contributed by atoms with E-state index in [4.69, 9.17) is 5.73 Å². The van der Waals surface area contributed by atoms with Crippen molar-refractivity contribution in [1.82, 2.24) is 4.31 Å². The molecule has 1 aliphatic heterocycles. The molecule has 0 saturated carbocycles. The summed E-state index contributed by atoms with van der Waals surface area (Å²) in [5, 5.41) is 20.6. The number of nitro benzene ring substituents is 1. The van der Waals surface area contributed by atoms with Crippen LogP contribution in [0.25, 0.3) is 0 Å². The van der Waals surface area contributed by atoms with Gasteiger partial charge in [0.25, 0.3) is 5.69 Å². The molecule has 1 aromatic carbocycles. The number of nitro groups is 1. The van der Waals surface area contributed by atoms with Crippen LogP contribution in [0.5, 0.6) is 0 Å². The minimum absolute atomic E-state index is 0.0342. The molecule has 20 heavy (non-hydrogen) atoms. The van der Waals surface area contributed by atoms with E-state index in [-0.39, 0.29) is 23.7 Å². The van der Waals surface area contributed by atoms with Crippen LogP contribution in [0.15, 0.2) is 23.1 Å². The van der Waals surface area contributed by atoms with Gasteiger partial charge in [-0.2, -0.15) is 4.31 Å². The first-order valence-corrected chi connectivity index (χ1v) is 7.34. The Morgan fingerprint density at radius 1 is 1.50 bits per heavy atom. The van der Waals surface area contributed by atoms with Gasteiger partial charge in [-0.3, -0.25) is 10.1 Å². The van der Waals surface area contributed by atoms with Crippen LogP contribution >= 0.6 is 0 Å². The maximum atomic E-state index is 12.4. The second-order valence-corrected chi connectivity index (χ2v) is 7.00. The third-order valence-electron chi connectivity index (χ3n) is 3.25. The van der Waals surface area contributed by atoms with Crippen molar-refractivity contribution in [2.24, 2.45) is 0 Å². The van der Waals surface area contributed by atoms with Crippen molar-refractivity contribution in [3.8, 4) is 0 Å². The van der Waals surface area contributed by atoms with E-state index in [1.165, 1.54) is 12.1 Å². The summed E-state index contributed by atoms with van der Waals surface area (Å²) in [5.74, 6) is 0. The normalized spacial score (nSPS) is 23.9. The fourth-order valence-electron chi connectivity index (χ4n) is 2.10. The van der Waals surface area contributed by atoms with E-state index in [1.54, 1.807) is 6.92 Å². The van der Waals surface area contributed by atoms with E-state index in [2.05, 4.69) is 0 Å². The van der Waals surface area contributed by atoms with Crippen LogP contribution in [0.2, 0.25) is 0 Å². The van der Waals surface area contributed by atoms with Crippen molar-refractivity contribution in [1.29, 1.82) is 0 Å². The van der Waals surface area contributed by atoms with Gasteiger partial charge in [-0.1, -0.05) is 0 Å². The van der Waals surface area contributed by atoms with Crippen LogP contribution in [0, 0.1) is 10.1 Å². The molecule has 0 aromatic heterocycles. The van der Waals surface area contributed by atoms with Crippen molar-refractivity contribution in [2.75, 3.05) is 18.8 Å². The van der Waals surface area contributed by atoms with Crippen LogP contribution in [0.3, 0.4) is 0 Å². The summed E-state index contributed by atoms with van der Waals surface area (Å²) < 4.78 is 25.8. The third-order valence-corrected chi connectivity index (χ3v) is 5.09. The molecule has 0 radical (unpaired) electrons. The summed E-state index contributed by atoms with van der Waals surface area (Å²) in [7, 11) is -3.87. The molecule has 0 bridgehead atoms. The molecule has 1 heterocycles. The van der Waals surface area contributed by atoms with Crippen LogP contribution in [-0.4, -0.2) is 41.4 Å². The molecule has 2 rings (SSSR count). The lowest BCUT2D eigenvalue weighted by atomic mass is 10.1. The quantitative estimate of drug-likeness (QED) is 0.470. The van der Waals surface area contributed by atoms with Gasteiger partial charge < -0.3 is 10.8 Å². The summed E-state index contributed by atoms with van der Waals surface area (Å²) in [5.41, 5.74) is 3.82. The summed E-state index contributed by atoms with van der Waals surface area (Å²) in [4.78, 5) is 9.88. The van der Waals surface area contributed by atoms with E-state index < -0.39 is 26.2 Å². The van der Waals surface area contributed by atoms with E-state index in [0.29, 0.717) is 6.42 Å². The molecule has 1 atom stereocenters. The van der Waals surface area contributed by atoms with Gasteiger partial charge in [0.05, 0.1) is 15.4 Å². The standard InChI is InChI=1S/C11H15N3O5S/c1-11(15)4-5-13(7-11)20(18,19)8-2-3-9(12)10(6-8)14(16)17/h2-3,6,15H,4-5,7,12H2,1H3. The van der Waals surface area contributed by atoms with Crippen LogP contribution in [0.1, 0.15) is 13.3 Å². The van der Waals surface area contributed by atoms with E-state index in [0.717, 1.165) is 10.4 Å². The first kappa shape index (κ1) is 14.7. The molecule has 1 unspecified atom stereocenters. The summed E-state index contributed by atoms with van der Waals surface area (Å²) in [6, 6.07) is 3.36. The molecule has 0 spiro atoms. The molecule has 3 N–H and O–H groups in total. The maximum Gasteiger partial charge on any atom is 0.293 e. The fourth-order valence-corrected chi connectivity index (χ4v) is 3.68. The van der Waals surface area contributed by atoms with E-state index in [9.17, 15) is 23.6 Å². The Morgan fingerprint density at radius 3 is 2.65 bits per heavy atom. The highest BCUT2D eigenvalue weighted by Crippen LogP contribution is 2.30. The number of nitrogens with zero attached hydrogens (tertiary/aromatic N) is 2. The molecule has 110 valence electrons. The van der Waals surface area contributed by atoms with E-state index in [1.807, 2.05) is 0 Å². The van der Waals surface area contributed by atoms with Gasteiger partial charge in [-0.25, -0.2) is 8.42 Å². The average Bonchev–Trinajstić information content (AvgIpc) is 2.70. The van der Waals surface area contributed by atoms with Gasteiger partial charge in [0, 0.05) is 19.2 Å². The highest BCUT2D eigenvalue weighted by atomic mass is 32.2. The number of anilines is 1. The second kappa shape index (κ2) is 4.69. The third kappa shape index (κ3) is 2.60. The predicted molar refractivity (Wildman–Crippen MR) is 71.5 cm³/mol. The second-order valence-electron chi connectivity index (χ2n) is 5.06. The molecule has 1 aliphatic rings. The van der Waals surface area contributed by atoms with Gasteiger partial charge in [0.2, 0.25) is 10.0 Å². The lowest BCUT2D eigenvalue weighted by molar-refractivity contribution is -0.384. The number of sulfonamides is 1. The van der Waals surface area contributed by atoms with Crippen LogP contribution in [-0.2, 0) is 10.0 Å². The smallest absolute Gasteiger partial charge is 0.293 e.